The molecular formula is C19H28N4O3S. The van der Waals surface area contributed by atoms with Crippen LogP contribution in [0.5, 0.6) is 0 Å². The molecule has 2 atom stereocenters. The fourth-order valence-corrected chi connectivity index (χ4v) is 4.47. The highest BCUT2D eigenvalue weighted by Gasteiger charge is 2.33. The Morgan fingerprint density at radius 2 is 2.00 bits per heavy atom. The van der Waals surface area contributed by atoms with Crippen LogP contribution >= 0.6 is 0 Å². The number of sulfone groups is 1. The molecule has 0 amide bonds. The molecule has 1 saturated heterocycles. The van der Waals surface area contributed by atoms with Crippen LogP contribution in [0.4, 0.5) is 5.69 Å². The van der Waals surface area contributed by atoms with Gasteiger partial charge in [0, 0.05) is 38.4 Å². The molecule has 1 aliphatic heterocycles. The number of hydrogen-bond acceptors (Lipinski definition) is 6. The third-order valence-corrected chi connectivity index (χ3v) is 7.60. The van der Waals surface area contributed by atoms with Crippen molar-refractivity contribution in [1.29, 1.82) is 0 Å². The van der Waals surface area contributed by atoms with Crippen LogP contribution in [-0.4, -0.2) is 45.9 Å². The molecule has 3 rings (SSSR count). The third-order valence-electron chi connectivity index (χ3n) is 5.19. The maximum Gasteiger partial charge on any atom is 0.200 e. The second-order valence-corrected chi connectivity index (χ2v) is 10.8. The lowest BCUT2D eigenvalue weighted by Gasteiger charge is -2.36. The number of nitrogens with zero attached hydrogens (tertiary/aromatic N) is 4. The number of aryl methyl sites for hydroxylation is 1. The van der Waals surface area contributed by atoms with Gasteiger partial charge in [-0.1, -0.05) is 0 Å². The van der Waals surface area contributed by atoms with Gasteiger partial charge in [0.25, 0.3) is 0 Å². The van der Waals surface area contributed by atoms with Gasteiger partial charge in [0.05, 0.1) is 16.6 Å². The molecule has 2 aromatic heterocycles. The third kappa shape index (κ3) is 3.87. The van der Waals surface area contributed by atoms with Crippen molar-refractivity contribution in [2.24, 2.45) is 13.0 Å². The first-order valence-electron chi connectivity index (χ1n) is 9.22. The number of piperidine rings is 1. The Balaban J connectivity index is 1.76. The van der Waals surface area contributed by atoms with Crippen molar-refractivity contribution in [3.05, 3.63) is 36.5 Å². The Labute approximate surface area is 161 Å². The van der Waals surface area contributed by atoms with E-state index in [1.165, 1.54) is 0 Å². The minimum Gasteiger partial charge on any atom is -0.385 e. The van der Waals surface area contributed by atoms with Crippen LogP contribution in [0, 0.1) is 5.92 Å². The number of hydrogen-bond donors (Lipinski definition) is 1. The summed E-state index contributed by atoms with van der Waals surface area (Å²) < 4.78 is 26.0. The van der Waals surface area contributed by atoms with Gasteiger partial charge < -0.3 is 14.6 Å². The van der Waals surface area contributed by atoms with Gasteiger partial charge in [0.15, 0.2) is 14.9 Å². The van der Waals surface area contributed by atoms with E-state index in [1.54, 1.807) is 45.3 Å². The Hall–Kier alpha value is -1.93. The predicted octanol–water partition coefficient (Wildman–Crippen LogP) is 2.34. The largest absolute Gasteiger partial charge is 0.385 e. The van der Waals surface area contributed by atoms with E-state index in [0.717, 1.165) is 25.1 Å². The van der Waals surface area contributed by atoms with Crippen molar-refractivity contribution in [2.45, 2.75) is 49.5 Å². The van der Waals surface area contributed by atoms with Gasteiger partial charge in [0.2, 0.25) is 0 Å². The van der Waals surface area contributed by atoms with E-state index in [0.29, 0.717) is 12.4 Å². The smallest absolute Gasteiger partial charge is 0.200 e. The van der Waals surface area contributed by atoms with Crippen LogP contribution in [-0.2, 0) is 16.9 Å². The van der Waals surface area contributed by atoms with Gasteiger partial charge in [0.1, 0.15) is 11.9 Å². The van der Waals surface area contributed by atoms with Gasteiger partial charge in [-0.3, -0.25) is 0 Å². The average molecular weight is 393 g/mol. The maximum atomic E-state index is 12.5. The number of imidazole rings is 1. The lowest BCUT2D eigenvalue weighted by atomic mass is 9.91. The first kappa shape index (κ1) is 19.8. The number of aliphatic hydroxyl groups is 1. The molecule has 27 heavy (non-hydrogen) atoms. The van der Waals surface area contributed by atoms with Crippen molar-refractivity contribution < 1.29 is 13.5 Å². The summed E-state index contributed by atoms with van der Waals surface area (Å²) in [5, 5.41) is 10.8. The second-order valence-electron chi connectivity index (χ2n) is 8.16. The summed E-state index contributed by atoms with van der Waals surface area (Å²) in [7, 11) is -1.58. The van der Waals surface area contributed by atoms with E-state index in [-0.39, 0.29) is 10.9 Å². The Kier molecular flexibility index (Phi) is 5.31. The Morgan fingerprint density at radius 1 is 1.26 bits per heavy atom. The van der Waals surface area contributed by atoms with Gasteiger partial charge in [-0.15, -0.1) is 0 Å². The molecule has 1 aliphatic rings. The van der Waals surface area contributed by atoms with Crippen molar-refractivity contribution in [3.8, 4) is 0 Å². The minimum absolute atomic E-state index is 0.0674. The lowest BCUT2D eigenvalue weighted by Crippen LogP contribution is -2.38. The summed E-state index contributed by atoms with van der Waals surface area (Å²) in [6.45, 7) is 6.56. The first-order chi connectivity index (χ1) is 12.6. The number of pyridine rings is 1. The first-order valence-corrected chi connectivity index (χ1v) is 10.7. The molecule has 2 unspecified atom stereocenters. The summed E-state index contributed by atoms with van der Waals surface area (Å²) >= 11 is 0. The summed E-state index contributed by atoms with van der Waals surface area (Å²) in [6.07, 6.45) is 6.40. The Morgan fingerprint density at radius 3 is 2.56 bits per heavy atom. The number of rotatable bonds is 4. The molecule has 1 N–H and O–H groups in total. The van der Waals surface area contributed by atoms with Crippen molar-refractivity contribution in [3.63, 3.8) is 0 Å². The van der Waals surface area contributed by atoms with Gasteiger partial charge in [-0.25, -0.2) is 18.4 Å². The Bertz CT molecular complexity index is 884. The molecule has 8 heteroatoms. The topological polar surface area (TPSA) is 88.3 Å². The molecule has 3 heterocycles. The zero-order valence-corrected chi connectivity index (χ0v) is 17.1. The summed E-state index contributed by atoms with van der Waals surface area (Å²) in [4.78, 5) is 10.6. The quantitative estimate of drug-likeness (QED) is 0.859. The van der Waals surface area contributed by atoms with Crippen molar-refractivity contribution >= 4 is 15.5 Å². The predicted molar refractivity (Wildman–Crippen MR) is 104 cm³/mol. The highest BCUT2D eigenvalue weighted by atomic mass is 32.2. The zero-order valence-electron chi connectivity index (χ0n) is 16.3. The van der Waals surface area contributed by atoms with Crippen LogP contribution in [0.1, 0.15) is 45.5 Å². The molecule has 7 nitrogen and oxygen atoms in total. The molecule has 148 valence electrons. The number of anilines is 1. The molecule has 2 aromatic rings. The highest BCUT2D eigenvalue weighted by Crippen LogP contribution is 2.31. The van der Waals surface area contributed by atoms with Gasteiger partial charge >= 0.3 is 0 Å². The van der Waals surface area contributed by atoms with E-state index in [9.17, 15) is 13.5 Å². The molecule has 1 fully saturated rings. The average Bonchev–Trinajstić information content (AvgIpc) is 3.06. The van der Waals surface area contributed by atoms with Gasteiger partial charge in [-0.2, -0.15) is 0 Å². The molecule has 0 aliphatic carbocycles. The maximum absolute atomic E-state index is 12.5. The molecule has 0 bridgehead atoms. The van der Waals surface area contributed by atoms with E-state index in [2.05, 4.69) is 14.9 Å². The molecule has 0 spiro atoms. The monoisotopic (exact) mass is 392 g/mol. The van der Waals surface area contributed by atoms with Crippen LogP contribution in [0.2, 0.25) is 0 Å². The molecule has 0 saturated carbocycles. The van der Waals surface area contributed by atoms with E-state index in [4.69, 9.17) is 0 Å². The zero-order chi connectivity index (χ0) is 19.8. The van der Waals surface area contributed by atoms with Crippen molar-refractivity contribution in [1.82, 2.24) is 14.5 Å². The minimum atomic E-state index is -3.46. The fourth-order valence-electron chi connectivity index (χ4n) is 3.41. The fraction of sp³-hybridized carbons (Fsp3) is 0.579. The second kappa shape index (κ2) is 7.24. The SMILES string of the molecule is Cn1ccnc1C(O)C1CCCN(c2ccc(S(=O)(=O)C(C)(C)C)nc2)C1. The number of aliphatic hydroxyl groups excluding tert-OH is 1. The van der Waals surface area contributed by atoms with Crippen LogP contribution in [0.25, 0.3) is 0 Å². The summed E-state index contributed by atoms with van der Waals surface area (Å²) in [5.41, 5.74) is 0.875. The number of aromatic nitrogens is 3. The lowest BCUT2D eigenvalue weighted by molar-refractivity contribution is 0.0875. The highest BCUT2D eigenvalue weighted by molar-refractivity contribution is 7.92. The van der Waals surface area contributed by atoms with Gasteiger partial charge in [-0.05, 0) is 45.7 Å². The normalized spacial score (nSPS) is 19.9. The summed E-state index contributed by atoms with van der Waals surface area (Å²) in [6, 6.07) is 3.38. The van der Waals surface area contributed by atoms with Crippen LogP contribution in [0.3, 0.4) is 0 Å². The molecular weight excluding hydrogens is 364 g/mol. The van der Waals surface area contributed by atoms with Crippen LogP contribution < -0.4 is 4.90 Å². The summed E-state index contributed by atoms with van der Waals surface area (Å²) in [5.74, 6) is 0.740. The van der Waals surface area contributed by atoms with E-state index in [1.807, 2.05) is 17.8 Å². The van der Waals surface area contributed by atoms with Crippen molar-refractivity contribution in [2.75, 3.05) is 18.0 Å². The van der Waals surface area contributed by atoms with E-state index < -0.39 is 20.7 Å². The van der Waals surface area contributed by atoms with Crippen LogP contribution in [0.15, 0.2) is 35.7 Å². The molecule has 0 aromatic carbocycles. The van der Waals surface area contributed by atoms with E-state index >= 15 is 0 Å². The standard InChI is InChI=1S/C19H28N4O3S/c1-19(2,3)27(25,26)16-8-7-15(12-21-16)23-10-5-6-14(13-23)17(24)18-20-9-11-22(18)4/h7-9,11-12,14,17,24H,5-6,10,13H2,1-4H3. The molecule has 0 radical (unpaired) electrons.